The molecule has 0 saturated carbocycles. The number of non-ortho nitro benzene ring substituents is 4. The predicted molar refractivity (Wildman–Crippen MR) is 236 cm³/mol. The van der Waals surface area contributed by atoms with Crippen molar-refractivity contribution >= 4 is 109 Å². The number of hydrogen-bond donors (Lipinski definition) is 2. The van der Waals surface area contributed by atoms with Gasteiger partial charge in [0.05, 0.1) is 62.0 Å². The summed E-state index contributed by atoms with van der Waals surface area (Å²) < 4.78 is 137. The second-order valence-corrected chi connectivity index (χ2v) is 19.5. The second-order valence-electron chi connectivity index (χ2n) is 14.2. The minimum atomic E-state index is -5.46. The normalized spacial score (nSPS) is 11.5. The number of nitrogens with zero attached hydrogens (tertiary/aromatic N) is 12. The van der Waals surface area contributed by atoms with Gasteiger partial charge in [-0.25, -0.2) is 33.7 Å². The van der Waals surface area contributed by atoms with Crippen LogP contribution < -0.4 is 139 Å². The fourth-order valence-electron chi connectivity index (χ4n) is 5.52. The van der Waals surface area contributed by atoms with Gasteiger partial charge in [-0.15, -0.1) is 20.5 Å². The van der Waals surface area contributed by atoms with Crippen molar-refractivity contribution in [3.63, 3.8) is 0 Å². The molecule has 38 nitrogen and oxygen atoms in total. The summed E-state index contributed by atoms with van der Waals surface area (Å²) >= 11 is 0. The van der Waals surface area contributed by atoms with E-state index in [0.717, 1.165) is 24.3 Å². The summed E-state index contributed by atoms with van der Waals surface area (Å²) in [6.07, 6.45) is 0. The first kappa shape index (κ1) is 77.3. The predicted octanol–water partition coefficient (Wildman–Crippen LogP) is -7.88. The fourth-order valence-corrected chi connectivity index (χ4v) is 7.97. The first-order valence-electron chi connectivity index (χ1n) is 19.1. The summed E-state index contributed by atoms with van der Waals surface area (Å²) in [4.78, 5) is 34.3. The van der Waals surface area contributed by atoms with Gasteiger partial charge < -0.3 is 48.9 Å². The van der Waals surface area contributed by atoms with Crippen molar-refractivity contribution in [3.8, 4) is 34.5 Å². The number of benzene rings is 6. The van der Waals surface area contributed by atoms with Crippen LogP contribution in [0.25, 0.3) is 0 Å². The molecular weight excluding hydrogens is 1290 g/mol. The van der Waals surface area contributed by atoms with Crippen LogP contribution in [0.5, 0.6) is 34.5 Å². The van der Waals surface area contributed by atoms with Crippen molar-refractivity contribution in [3.05, 3.63) is 125 Å². The SMILES string of the molecule is O=[N+]([O-])c1ccc(N=Nc2cc(N=Nc3cc([N+](=O)[O-])cc(S(=O)(=O)[O-])c3[O-])c(O)cc2[O-])c(S(=O)(=O)[O-])c1.O=[N+]([O-])c1ccc(N=Nc2cc(N=Nc3cc([N+](=O)[O-])cc(S(=O)(=O)[O-])c3[O-])c(O)cc2[O-])c(S(=O)(=O)[O-])c1.[Fe+3].[H+].[Na+].[Na+].[Na+].[Na+]. The minimum Gasteiger partial charge on any atom is -0.871 e. The molecule has 6 rings (SSSR count). The van der Waals surface area contributed by atoms with Gasteiger partial charge in [-0.3, -0.25) is 40.5 Å². The quantitative estimate of drug-likeness (QED) is 0.0299. The van der Waals surface area contributed by atoms with Gasteiger partial charge in [0.25, 0.3) is 22.7 Å². The average Bonchev–Trinajstić information content (AvgIpc) is 3.32. The van der Waals surface area contributed by atoms with Crippen LogP contribution in [-0.2, 0) is 57.5 Å². The van der Waals surface area contributed by atoms with Gasteiger partial charge in [0.15, 0.2) is 0 Å². The van der Waals surface area contributed by atoms with Gasteiger partial charge in [-0.1, -0.05) is 23.0 Å². The van der Waals surface area contributed by atoms with Crippen LogP contribution in [0, 0.1) is 40.5 Å². The molecule has 0 unspecified atom stereocenters. The first-order chi connectivity index (χ1) is 36.0. The number of phenolic OH excluding ortho intramolecular Hbond substituents is 2. The van der Waals surface area contributed by atoms with E-state index >= 15 is 0 Å². The first-order valence-corrected chi connectivity index (χ1v) is 24.8. The Morgan fingerprint density at radius 2 is 0.578 bits per heavy atom. The number of aromatic hydroxyl groups is 2. The Kier molecular flexibility index (Phi) is 28.8. The molecule has 0 atom stereocenters. The summed E-state index contributed by atoms with van der Waals surface area (Å²) in [6.45, 7) is 0. The van der Waals surface area contributed by atoms with Crippen molar-refractivity contribution in [1.29, 1.82) is 0 Å². The molecule has 0 amide bonds. The molecule has 0 aliphatic carbocycles. The third-order valence-electron chi connectivity index (χ3n) is 9.02. The van der Waals surface area contributed by atoms with Gasteiger partial charge in [0.2, 0.25) is 0 Å². The van der Waals surface area contributed by atoms with E-state index in [4.69, 9.17) is 0 Å². The van der Waals surface area contributed by atoms with Crippen LogP contribution in [0.15, 0.2) is 145 Å². The second kappa shape index (κ2) is 30.9. The van der Waals surface area contributed by atoms with Crippen molar-refractivity contribution in [2.24, 2.45) is 40.9 Å². The van der Waals surface area contributed by atoms with E-state index in [1.165, 1.54) is 0 Å². The Labute approximate surface area is 561 Å². The van der Waals surface area contributed by atoms with Crippen LogP contribution in [-0.4, -0.2) is 81.8 Å². The van der Waals surface area contributed by atoms with E-state index in [2.05, 4.69) is 40.9 Å². The van der Waals surface area contributed by atoms with Gasteiger partial charge in [0, 0.05) is 48.5 Å². The van der Waals surface area contributed by atoms with Crippen molar-refractivity contribution in [1.82, 2.24) is 0 Å². The molecule has 6 aromatic rings. The molecule has 0 bridgehead atoms. The molecular formula is C36H17FeN12Na4O26S4. The van der Waals surface area contributed by atoms with E-state index in [1.807, 2.05) is 0 Å². The van der Waals surface area contributed by atoms with Crippen molar-refractivity contribution < 1.29 is 239 Å². The molecule has 47 heteroatoms. The van der Waals surface area contributed by atoms with E-state index in [1.54, 1.807) is 0 Å². The molecule has 2 N–H and O–H groups in total. The number of azo groups is 4. The maximum absolute atomic E-state index is 12.2. The van der Waals surface area contributed by atoms with E-state index in [0.29, 0.717) is 48.5 Å². The van der Waals surface area contributed by atoms with Gasteiger partial charge in [-0.05, 0) is 36.4 Å². The van der Waals surface area contributed by atoms with Crippen LogP contribution in [0.4, 0.5) is 68.2 Å². The smallest absolute Gasteiger partial charge is 0.871 e. The number of nitro benzene ring substituents is 4. The molecule has 0 fully saturated rings. The molecule has 83 heavy (non-hydrogen) atoms. The summed E-state index contributed by atoms with van der Waals surface area (Å²) in [6, 6.07) is 7.79. The van der Waals surface area contributed by atoms with Crippen LogP contribution >= 0.6 is 0 Å². The molecule has 0 aliphatic heterocycles. The molecule has 0 spiro atoms. The zero-order valence-electron chi connectivity index (χ0n) is 42.1. The molecule has 0 heterocycles. The van der Waals surface area contributed by atoms with Crippen LogP contribution in [0.2, 0.25) is 0 Å². The zero-order valence-corrected chi connectivity index (χ0v) is 53.5. The largest absolute Gasteiger partial charge is 3.00 e. The standard InChI is InChI=1S/2C18H12N6O13S2.Fe.4Na/c2*25-14-7-15(26)12(21-22-13-3-9(24(30)31)5-17(18(13)27)39(35,36)37)6-11(14)20-19-10-2-1-8(23(28)29)4-16(10)38(32,33)34;;;;;/h2*1-7,25-27H,(H,32,33,34)(H,35,36,37);;;;;/q;;+3;4*+1/p-7. The van der Waals surface area contributed by atoms with E-state index in [-0.39, 0.29) is 149 Å². The van der Waals surface area contributed by atoms with Gasteiger partial charge in [0.1, 0.15) is 74.7 Å². The Bertz CT molecular complexity index is 3910. The fraction of sp³-hybridized carbons (Fsp3) is 0. The molecule has 0 aliphatic rings. The number of nitro groups is 4. The minimum absolute atomic E-state index is 0. The van der Waals surface area contributed by atoms with E-state index in [9.17, 15) is 123 Å². The van der Waals surface area contributed by atoms with Crippen molar-refractivity contribution in [2.45, 2.75) is 19.6 Å². The van der Waals surface area contributed by atoms with Gasteiger partial charge in [-0.2, -0.15) is 20.5 Å². The molecule has 6 aromatic carbocycles. The monoisotopic (exact) mass is 1310 g/mol. The number of phenols is 2. The Hall–Kier alpha value is -5.72. The summed E-state index contributed by atoms with van der Waals surface area (Å²) in [5.74, 6) is -6.94. The van der Waals surface area contributed by atoms with Crippen molar-refractivity contribution in [2.75, 3.05) is 0 Å². The molecule has 0 saturated heterocycles. The summed E-state index contributed by atoms with van der Waals surface area (Å²) in [5.41, 5.74) is -9.50. The third-order valence-corrected chi connectivity index (χ3v) is 12.4. The van der Waals surface area contributed by atoms with Gasteiger partial charge >= 0.3 is 137 Å². The Morgan fingerprint density at radius 3 is 0.843 bits per heavy atom. The molecule has 0 aromatic heterocycles. The molecule has 413 valence electrons. The Morgan fingerprint density at radius 1 is 0.337 bits per heavy atom. The molecule has 1 radical (unpaired) electrons. The van der Waals surface area contributed by atoms with Crippen LogP contribution in [0.3, 0.4) is 0 Å². The summed E-state index contributed by atoms with van der Waals surface area (Å²) in [7, 11) is -21.5. The zero-order chi connectivity index (χ0) is 58.6. The summed E-state index contributed by atoms with van der Waals surface area (Å²) in [5, 5.41) is 140. The third kappa shape index (κ3) is 20.2. The van der Waals surface area contributed by atoms with E-state index < -0.39 is 182 Å². The maximum Gasteiger partial charge on any atom is 3.00 e. The maximum atomic E-state index is 12.2. The average molecular weight is 1310 g/mol. The van der Waals surface area contributed by atoms with Crippen LogP contribution in [0.1, 0.15) is 1.43 Å². The Balaban J connectivity index is 0. The topological polar surface area (TPSA) is 633 Å². The number of rotatable bonds is 16. The number of hydrogen-bond acceptors (Lipinski definition) is 34.